The van der Waals surface area contributed by atoms with Gasteiger partial charge in [-0.05, 0) is 17.5 Å². The highest BCUT2D eigenvalue weighted by Gasteiger charge is 2.10. The maximum atomic E-state index is 4.24. The molecule has 15 heavy (non-hydrogen) atoms. The Hall–Kier alpha value is -1.09. The first kappa shape index (κ1) is 10.4. The summed E-state index contributed by atoms with van der Waals surface area (Å²) in [6.45, 7) is 2.21. The molecule has 0 aliphatic carbocycles. The lowest BCUT2D eigenvalue weighted by molar-refractivity contribution is 0.723. The molecule has 0 saturated carbocycles. The van der Waals surface area contributed by atoms with Crippen LogP contribution in [0.2, 0.25) is 0 Å². The Morgan fingerprint density at radius 1 is 1.40 bits per heavy atom. The molecule has 1 unspecified atom stereocenters. The number of aromatic nitrogens is 2. The summed E-state index contributed by atoms with van der Waals surface area (Å²) in [5.41, 5.74) is 1.33. The van der Waals surface area contributed by atoms with Gasteiger partial charge < -0.3 is 4.98 Å². The highest BCUT2D eigenvalue weighted by molar-refractivity contribution is 9.10. The number of hydrogen-bond donors (Lipinski definition) is 1. The van der Waals surface area contributed by atoms with Crippen molar-refractivity contribution >= 4 is 15.9 Å². The molecular formula is C12H13BrN2. The number of H-pyrrole nitrogens is 1. The summed E-state index contributed by atoms with van der Waals surface area (Å²) in [5, 5.41) is 0. The number of rotatable bonds is 3. The Labute approximate surface area is 97.9 Å². The van der Waals surface area contributed by atoms with Gasteiger partial charge >= 0.3 is 0 Å². The second-order valence-electron chi connectivity index (χ2n) is 3.66. The first-order valence-electron chi connectivity index (χ1n) is 5.00. The van der Waals surface area contributed by atoms with Crippen LogP contribution in [-0.4, -0.2) is 9.97 Å². The quantitative estimate of drug-likeness (QED) is 0.903. The number of halogens is 1. The Bertz CT molecular complexity index is 423. The number of imidazole rings is 1. The van der Waals surface area contributed by atoms with Crippen LogP contribution >= 0.6 is 15.9 Å². The Kier molecular flexibility index (Phi) is 3.21. The van der Waals surface area contributed by atoms with Crippen molar-refractivity contribution in [2.75, 3.05) is 0 Å². The molecule has 3 heteroatoms. The maximum absolute atomic E-state index is 4.24. The van der Waals surface area contributed by atoms with Crippen LogP contribution in [0, 0.1) is 0 Å². The molecule has 0 aliphatic heterocycles. The molecule has 1 heterocycles. The van der Waals surface area contributed by atoms with E-state index < -0.39 is 0 Å². The first-order valence-corrected chi connectivity index (χ1v) is 5.79. The Balaban J connectivity index is 2.15. The summed E-state index contributed by atoms with van der Waals surface area (Å²) in [6.07, 6.45) is 4.60. The number of nitrogens with one attached hydrogen (secondary N) is 1. The second-order valence-corrected chi connectivity index (χ2v) is 4.52. The van der Waals surface area contributed by atoms with Crippen molar-refractivity contribution < 1.29 is 0 Å². The average molecular weight is 265 g/mol. The van der Waals surface area contributed by atoms with E-state index in [1.165, 1.54) is 10.0 Å². The Morgan fingerprint density at radius 3 is 2.87 bits per heavy atom. The van der Waals surface area contributed by atoms with Gasteiger partial charge in [-0.15, -0.1) is 0 Å². The lowest BCUT2D eigenvalue weighted by Crippen LogP contribution is -2.00. The largest absolute Gasteiger partial charge is 0.349 e. The third kappa shape index (κ3) is 2.48. The van der Waals surface area contributed by atoms with E-state index in [1.807, 2.05) is 12.3 Å². The van der Waals surface area contributed by atoms with Crippen molar-refractivity contribution in [2.45, 2.75) is 19.3 Å². The molecule has 0 spiro atoms. The van der Waals surface area contributed by atoms with Crippen LogP contribution in [0.4, 0.5) is 0 Å². The number of aromatic amines is 1. The summed E-state index contributed by atoms with van der Waals surface area (Å²) < 4.78 is 1.17. The van der Waals surface area contributed by atoms with Gasteiger partial charge in [0.25, 0.3) is 0 Å². The second kappa shape index (κ2) is 4.62. The van der Waals surface area contributed by atoms with E-state index in [0.717, 1.165) is 12.2 Å². The van der Waals surface area contributed by atoms with Crippen LogP contribution in [0.1, 0.15) is 24.2 Å². The van der Waals surface area contributed by atoms with E-state index >= 15 is 0 Å². The monoisotopic (exact) mass is 264 g/mol. The van der Waals surface area contributed by atoms with Gasteiger partial charge in [-0.1, -0.05) is 41.1 Å². The summed E-state index contributed by atoms with van der Waals surface area (Å²) in [7, 11) is 0. The normalized spacial score (nSPS) is 12.7. The topological polar surface area (TPSA) is 28.7 Å². The van der Waals surface area contributed by atoms with Crippen LogP contribution in [0.5, 0.6) is 0 Å². The molecule has 0 aliphatic rings. The van der Waals surface area contributed by atoms with Gasteiger partial charge in [-0.3, -0.25) is 0 Å². The minimum Gasteiger partial charge on any atom is -0.349 e. The first-order chi connectivity index (χ1) is 7.27. The van der Waals surface area contributed by atoms with E-state index in [1.54, 1.807) is 6.20 Å². The molecule has 1 atom stereocenters. The lowest BCUT2D eigenvalue weighted by Gasteiger charge is -2.11. The fraction of sp³-hybridized carbons (Fsp3) is 0.250. The molecular weight excluding hydrogens is 252 g/mol. The lowest BCUT2D eigenvalue weighted by atomic mass is 9.98. The van der Waals surface area contributed by atoms with Gasteiger partial charge in [0.05, 0.1) is 0 Å². The fourth-order valence-electron chi connectivity index (χ4n) is 1.68. The predicted octanol–water partition coefficient (Wildman–Crippen LogP) is 3.52. The third-order valence-corrected chi connectivity index (χ3v) is 3.21. The van der Waals surface area contributed by atoms with Gasteiger partial charge in [-0.25, -0.2) is 4.98 Å². The molecule has 1 N–H and O–H groups in total. The number of nitrogens with zero attached hydrogens (tertiary/aromatic N) is 1. The van der Waals surface area contributed by atoms with Crippen molar-refractivity contribution in [2.24, 2.45) is 0 Å². The van der Waals surface area contributed by atoms with Crippen LogP contribution in [0.25, 0.3) is 0 Å². The average Bonchev–Trinajstić information content (AvgIpc) is 2.71. The SMILES string of the molecule is CC(Cc1ncc[nH]1)c1ccccc1Br. The molecule has 1 aromatic carbocycles. The predicted molar refractivity (Wildman–Crippen MR) is 64.8 cm³/mol. The molecule has 0 saturated heterocycles. The number of benzene rings is 1. The minimum atomic E-state index is 0.465. The fourth-order valence-corrected chi connectivity index (χ4v) is 2.36. The third-order valence-electron chi connectivity index (χ3n) is 2.49. The molecule has 0 radical (unpaired) electrons. The highest BCUT2D eigenvalue weighted by atomic mass is 79.9. The van der Waals surface area contributed by atoms with Gasteiger partial charge in [0.15, 0.2) is 0 Å². The summed E-state index contributed by atoms with van der Waals surface area (Å²) in [5.74, 6) is 1.50. The van der Waals surface area contributed by atoms with E-state index in [2.05, 4.69) is 51.0 Å². The molecule has 2 aromatic rings. The van der Waals surface area contributed by atoms with Gasteiger partial charge in [0.2, 0.25) is 0 Å². The van der Waals surface area contributed by atoms with Crippen molar-refractivity contribution in [3.05, 3.63) is 52.5 Å². The molecule has 0 amide bonds. The molecule has 0 bridgehead atoms. The molecule has 78 valence electrons. The zero-order valence-corrected chi connectivity index (χ0v) is 10.2. The summed E-state index contributed by atoms with van der Waals surface area (Å²) >= 11 is 3.57. The van der Waals surface area contributed by atoms with E-state index in [0.29, 0.717) is 5.92 Å². The summed E-state index contributed by atoms with van der Waals surface area (Å²) in [4.78, 5) is 7.37. The van der Waals surface area contributed by atoms with Crippen molar-refractivity contribution in [1.82, 2.24) is 9.97 Å². The maximum Gasteiger partial charge on any atom is 0.106 e. The molecule has 2 nitrogen and oxygen atoms in total. The van der Waals surface area contributed by atoms with Crippen LogP contribution < -0.4 is 0 Å². The van der Waals surface area contributed by atoms with E-state index in [-0.39, 0.29) is 0 Å². The van der Waals surface area contributed by atoms with E-state index in [9.17, 15) is 0 Å². The molecule has 0 fully saturated rings. The molecule has 2 rings (SSSR count). The van der Waals surface area contributed by atoms with Crippen LogP contribution in [0.15, 0.2) is 41.1 Å². The van der Waals surface area contributed by atoms with Gasteiger partial charge in [0.1, 0.15) is 5.82 Å². The van der Waals surface area contributed by atoms with Gasteiger partial charge in [0, 0.05) is 23.3 Å². The van der Waals surface area contributed by atoms with Crippen LogP contribution in [-0.2, 0) is 6.42 Å². The van der Waals surface area contributed by atoms with Crippen molar-refractivity contribution in [3.63, 3.8) is 0 Å². The number of hydrogen-bond acceptors (Lipinski definition) is 1. The zero-order valence-electron chi connectivity index (χ0n) is 8.57. The standard InChI is InChI=1S/C12H13BrN2/c1-9(8-12-14-6-7-15-12)10-4-2-3-5-11(10)13/h2-7,9H,8H2,1H3,(H,14,15). The smallest absolute Gasteiger partial charge is 0.106 e. The molecule has 1 aromatic heterocycles. The van der Waals surface area contributed by atoms with Crippen molar-refractivity contribution in [1.29, 1.82) is 0 Å². The van der Waals surface area contributed by atoms with Crippen LogP contribution in [0.3, 0.4) is 0 Å². The van der Waals surface area contributed by atoms with Gasteiger partial charge in [-0.2, -0.15) is 0 Å². The Morgan fingerprint density at radius 2 is 2.20 bits per heavy atom. The zero-order chi connectivity index (χ0) is 10.7. The minimum absolute atomic E-state index is 0.465. The van der Waals surface area contributed by atoms with Crippen molar-refractivity contribution in [3.8, 4) is 0 Å². The summed E-state index contributed by atoms with van der Waals surface area (Å²) in [6, 6.07) is 8.33. The van der Waals surface area contributed by atoms with E-state index in [4.69, 9.17) is 0 Å². The highest BCUT2D eigenvalue weighted by Crippen LogP contribution is 2.26.